The van der Waals surface area contributed by atoms with Crippen molar-refractivity contribution in [2.75, 3.05) is 0 Å². The Hall–Kier alpha value is -1.06. The van der Waals surface area contributed by atoms with Crippen LogP contribution in [0.15, 0.2) is 0 Å². The first kappa shape index (κ1) is 10.5. The summed E-state index contributed by atoms with van der Waals surface area (Å²) in [7, 11) is 0. The Bertz CT molecular complexity index is 307. The molecule has 4 heteroatoms. The molecule has 0 aromatic carbocycles. The van der Waals surface area contributed by atoms with Crippen LogP contribution < -0.4 is 0 Å². The Morgan fingerprint density at radius 1 is 1.13 bits per heavy atom. The van der Waals surface area contributed by atoms with Gasteiger partial charge in [0.2, 0.25) is 0 Å². The van der Waals surface area contributed by atoms with E-state index in [2.05, 4.69) is 6.92 Å². The van der Waals surface area contributed by atoms with E-state index in [4.69, 9.17) is 0 Å². The zero-order chi connectivity index (χ0) is 11.4. The Labute approximate surface area is 88.3 Å². The van der Waals surface area contributed by atoms with Crippen molar-refractivity contribution < 1.29 is 19.8 Å². The van der Waals surface area contributed by atoms with Gasteiger partial charge in [-0.3, -0.25) is 9.59 Å². The fourth-order valence-corrected chi connectivity index (χ4v) is 3.62. The van der Waals surface area contributed by atoms with Crippen molar-refractivity contribution in [3.8, 4) is 0 Å². The van der Waals surface area contributed by atoms with Crippen LogP contribution in [0, 0.1) is 29.1 Å². The lowest BCUT2D eigenvalue weighted by molar-refractivity contribution is -0.171. The molecule has 2 N–H and O–H groups in total. The van der Waals surface area contributed by atoms with Gasteiger partial charge in [-0.2, -0.15) is 0 Å². The van der Waals surface area contributed by atoms with Crippen LogP contribution >= 0.6 is 0 Å². The second-order valence-electron chi connectivity index (χ2n) is 5.11. The van der Waals surface area contributed by atoms with E-state index in [1.54, 1.807) is 0 Å². The molecule has 0 radical (unpaired) electrons. The number of fused-ring (bicyclic) bond motifs is 2. The van der Waals surface area contributed by atoms with Crippen molar-refractivity contribution in [2.45, 2.75) is 26.7 Å². The van der Waals surface area contributed by atoms with E-state index in [1.807, 2.05) is 6.92 Å². The van der Waals surface area contributed by atoms with Crippen molar-refractivity contribution in [1.82, 2.24) is 0 Å². The van der Waals surface area contributed by atoms with Crippen LogP contribution in [0.25, 0.3) is 0 Å². The summed E-state index contributed by atoms with van der Waals surface area (Å²) in [5, 5.41) is 18.4. The lowest BCUT2D eigenvalue weighted by Gasteiger charge is -2.36. The molecule has 2 aliphatic carbocycles. The Morgan fingerprint density at radius 2 is 1.67 bits per heavy atom. The third kappa shape index (κ3) is 1.08. The van der Waals surface area contributed by atoms with Gasteiger partial charge in [0.05, 0.1) is 0 Å². The van der Waals surface area contributed by atoms with E-state index in [-0.39, 0.29) is 17.8 Å². The van der Waals surface area contributed by atoms with Crippen molar-refractivity contribution in [1.29, 1.82) is 0 Å². The highest BCUT2D eigenvalue weighted by Gasteiger charge is 2.65. The van der Waals surface area contributed by atoms with Crippen LogP contribution in [0.2, 0.25) is 0 Å². The minimum Gasteiger partial charge on any atom is -0.480 e. The zero-order valence-corrected chi connectivity index (χ0v) is 8.93. The molecule has 4 unspecified atom stereocenters. The lowest BCUT2D eigenvalue weighted by atomic mass is 9.65. The van der Waals surface area contributed by atoms with Crippen LogP contribution in [0.3, 0.4) is 0 Å². The summed E-state index contributed by atoms with van der Waals surface area (Å²) in [5.74, 6) is -1.55. The fraction of sp³-hybridized carbons (Fsp3) is 0.818. The summed E-state index contributed by atoms with van der Waals surface area (Å²) in [6.45, 7) is 4.08. The third-order valence-corrected chi connectivity index (χ3v) is 4.74. The van der Waals surface area contributed by atoms with E-state index < -0.39 is 17.4 Å². The normalized spacial score (nSPS) is 41.7. The molecule has 0 aromatic heterocycles. The molecule has 2 fully saturated rings. The largest absolute Gasteiger partial charge is 0.480 e. The zero-order valence-electron chi connectivity index (χ0n) is 8.93. The first-order valence-corrected chi connectivity index (χ1v) is 5.38. The Kier molecular flexibility index (Phi) is 2.07. The second-order valence-corrected chi connectivity index (χ2v) is 5.11. The molecule has 0 saturated heterocycles. The van der Waals surface area contributed by atoms with Gasteiger partial charge in [0.15, 0.2) is 5.41 Å². The Balaban J connectivity index is 2.40. The van der Waals surface area contributed by atoms with Crippen LogP contribution in [-0.4, -0.2) is 22.2 Å². The quantitative estimate of drug-likeness (QED) is 0.679. The van der Waals surface area contributed by atoms with Crippen molar-refractivity contribution in [3.05, 3.63) is 0 Å². The maximum Gasteiger partial charge on any atom is 0.321 e. The first-order valence-electron chi connectivity index (χ1n) is 5.38. The molecule has 0 heterocycles. The number of carbonyl (C=O) groups is 2. The van der Waals surface area contributed by atoms with Gasteiger partial charge in [-0.1, -0.05) is 13.8 Å². The van der Waals surface area contributed by atoms with Crippen molar-refractivity contribution in [3.63, 3.8) is 0 Å². The summed E-state index contributed by atoms with van der Waals surface area (Å²) in [4.78, 5) is 22.5. The van der Waals surface area contributed by atoms with Gasteiger partial charge in [0, 0.05) is 0 Å². The summed E-state index contributed by atoms with van der Waals surface area (Å²) in [5.41, 5.74) is -1.50. The van der Waals surface area contributed by atoms with E-state index >= 15 is 0 Å². The summed E-state index contributed by atoms with van der Waals surface area (Å²) >= 11 is 0. The molecule has 4 nitrogen and oxygen atoms in total. The van der Waals surface area contributed by atoms with E-state index in [1.165, 1.54) is 0 Å². The first-order chi connectivity index (χ1) is 6.91. The number of hydrogen-bond donors (Lipinski definition) is 2. The van der Waals surface area contributed by atoms with E-state index in [9.17, 15) is 19.8 Å². The standard InChI is InChI=1S/C11H16O4/c1-5-6(2)8-3-7(5)4-11(8,9(12)13)10(14)15/h5-8H,3-4H2,1-2H3,(H,12,13)(H,14,15). The molecule has 0 aromatic rings. The van der Waals surface area contributed by atoms with Gasteiger partial charge in [-0.25, -0.2) is 0 Å². The second kappa shape index (κ2) is 2.97. The number of carboxylic acids is 2. The molecular formula is C11H16O4. The summed E-state index contributed by atoms with van der Waals surface area (Å²) in [6.07, 6.45) is 1.08. The number of aliphatic carboxylic acids is 2. The molecular weight excluding hydrogens is 196 g/mol. The average molecular weight is 212 g/mol. The van der Waals surface area contributed by atoms with Gasteiger partial charge in [0.1, 0.15) is 0 Å². The number of carboxylic acid groups (broad SMARTS) is 2. The van der Waals surface area contributed by atoms with E-state index in [0.717, 1.165) is 6.42 Å². The number of rotatable bonds is 2. The lowest BCUT2D eigenvalue weighted by Crippen LogP contribution is -2.47. The fourth-order valence-electron chi connectivity index (χ4n) is 3.62. The van der Waals surface area contributed by atoms with Crippen LogP contribution in [0.5, 0.6) is 0 Å². The predicted octanol–water partition coefficient (Wildman–Crippen LogP) is 1.45. The third-order valence-electron chi connectivity index (χ3n) is 4.74. The molecule has 4 atom stereocenters. The molecule has 84 valence electrons. The monoisotopic (exact) mass is 212 g/mol. The Morgan fingerprint density at radius 3 is 2.00 bits per heavy atom. The molecule has 15 heavy (non-hydrogen) atoms. The molecule has 2 rings (SSSR count). The maximum atomic E-state index is 11.2. The van der Waals surface area contributed by atoms with Crippen LogP contribution in [-0.2, 0) is 9.59 Å². The van der Waals surface area contributed by atoms with Gasteiger partial charge in [-0.05, 0) is 36.5 Å². The maximum absolute atomic E-state index is 11.2. The molecule has 0 aliphatic heterocycles. The molecule has 0 amide bonds. The highest BCUT2D eigenvalue weighted by Crippen LogP contribution is 2.61. The SMILES string of the molecule is CC1C2CC(C1C)C(C(=O)O)(C(=O)O)C2. The molecule has 2 aliphatic rings. The van der Waals surface area contributed by atoms with Crippen molar-refractivity contribution in [2.24, 2.45) is 29.1 Å². The molecule has 2 saturated carbocycles. The highest BCUT2D eigenvalue weighted by atomic mass is 16.4. The van der Waals surface area contributed by atoms with Gasteiger partial charge >= 0.3 is 11.9 Å². The smallest absolute Gasteiger partial charge is 0.321 e. The molecule has 2 bridgehead atoms. The summed E-state index contributed by atoms with van der Waals surface area (Å²) in [6, 6.07) is 0. The van der Waals surface area contributed by atoms with Crippen molar-refractivity contribution >= 4 is 11.9 Å². The highest BCUT2D eigenvalue weighted by molar-refractivity contribution is 5.99. The minimum absolute atomic E-state index is 0.188. The topological polar surface area (TPSA) is 74.6 Å². The van der Waals surface area contributed by atoms with Crippen LogP contribution in [0.1, 0.15) is 26.7 Å². The van der Waals surface area contributed by atoms with Gasteiger partial charge in [-0.15, -0.1) is 0 Å². The van der Waals surface area contributed by atoms with Gasteiger partial charge < -0.3 is 10.2 Å². The predicted molar refractivity (Wildman–Crippen MR) is 52.2 cm³/mol. The molecule has 0 spiro atoms. The van der Waals surface area contributed by atoms with E-state index in [0.29, 0.717) is 12.3 Å². The van der Waals surface area contributed by atoms with Crippen LogP contribution in [0.4, 0.5) is 0 Å². The van der Waals surface area contributed by atoms with Gasteiger partial charge in [0.25, 0.3) is 0 Å². The minimum atomic E-state index is -1.50. The summed E-state index contributed by atoms with van der Waals surface area (Å²) < 4.78 is 0. The average Bonchev–Trinajstić information content (AvgIpc) is 2.65. The number of hydrogen-bond acceptors (Lipinski definition) is 2.